The number of nitrogens with one attached hydrogen (secondary N) is 1. The van der Waals surface area contributed by atoms with Gasteiger partial charge in [0.15, 0.2) is 6.56 Å². The van der Waals surface area contributed by atoms with Gasteiger partial charge in [0, 0.05) is 19.3 Å². The number of ether oxygens (including phenoxy) is 1. The minimum atomic E-state index is -0.514. The van der Waals surface area contributed by atoms with E-state index >= 15 is 0 Å². The number of aromatic nitrogens is 7. The minimum absolute atomic E-state index is 0.0170. The number of aromatic amines is 1. The molecule has 0 aromatic carbocycles. The Labute approximate surface area is 117 Å². The minimum Gasteiger partial charge on any atom is -0.471 e. The maximum absolute atomic E-state index is 11.8. The van der Waals surface area contributed by atoms with Crippen molar-refractivity contribution in [3.8, 4) is 11.8 Å². The molecule has 0 aliphatic heterocycles. The predicted octanol–water partition coefficient (Wildman–Crippen LogP) is -0.0905. The van der Waals surface area contributed by atoms with Crippen LogP contribution in [0.3, 0.4) is 0 Å². The van der Waals surface area contributed by atoms with Gasteiger partial charge < -0.3 is 9.26 Å². The number of tetrazole rings is 1. The average Bonchev–Trinajstić information content (AvgIpc) is 3.11. The van der Waals surface area contributed by atoms with Crippen molar-refractivity contribution in [1.29, 1.82) is 0 Å². The third kappa shape index (κ3) is 2.05. The third-order valence-electron chi connectivity index (χ3n) is 2.44. The molecule has 0 aliphatic rings. The van der Waals surface area contributed by atoms with Crippen molar-refractivity contribution >= 4 is 11.6 Å². The predicted molar refractivity (Wildman–Crippen MR) is 64.6 cm³/mol. The Morgan fingerprint density at radius 2 is 2.45 bits per heavy atom. The van der Waals surface area contributed by atoms with Crippen LogP contribution in [0.25, 0.3) is 5.88 Å². The van der Waals surface area contributed by atoms with Crippen LogP contribution in [0, 0.1) is 0 Å². The highest BCUT2D eigenvalue weighted by Crippen LogP contribution is 2.22. The zero-order valence-corrected chi connectivity index (χ0v) is 10.9. The first-order chi connectivity index (χ1) is 10.1. The van der Waals surface area contributed by atoms with Gasteiger partial charge in [0.1, 0.15) is 6.61 Å². The number of hydrogen-bond donors (Lipinski definition) is 1. The Kier molecular flexibility index (Phi) is 2.70. The van der Waals surface area contributed by atoms with E-state index in [1.165, 1.54) is 19.3 Å². The highest BCUT2D eigenvalue weighted by molar-refractivity contribution is 6.30. The molecule has 0 radical (unpaired) electrons. The largest absolute Gasteiger partial charge is 0.471 e. The molecule has 0 bridgehead atoms. The molecule has 3 aromatic rings. The van der Waals surface area contributed by atoms with Gasteiger partial charge in [-0.25, -0.2) is 4.79 Å². The molecule has 1 N–H and O–H groups in total. The summed E-state index contributed by atoms with van der Waals surface area (Å²) in [7, 11) is 1.45. The van der Waals surface area contributed by atoms with Crippen LogP contribution in [0.1, 0.15) is 5.56 Å². The lowest BCUT2D eigenvalue weighted by atomic mass is 10.3. The van der Waals surface area contributed by atoms with Crippen LogP contribution >= 0.6 is 11.6 Å². The van der Waals surface area contributed by atoms with E-state index in [-0.39, 0.29) is 23.5 Å². The lowest BCUT2D eigenvalue weighted by Gasteiger charge is -2.01. The second kappa shape index (κ2) is 4.81. The van der Waals surface area contributed by atoms with Crippen molar-refractivity contribution in [2.45, 2.75) is 6.61 Å². The van der Waals surface area contributed by atoms with Gasteiger partial charge in [0.25, 0.3) is 5.88 Å². The van der Waals surface area contributed by atoms with E-state index in [1.54, 1.807) is 0 Å². The molecule has 10 nitrogen and oxygen atoms in total. The second-order valence-corrected chi connectivity index (χ2v) is 4.07. The third-order valence-corrected chi connectivity index (χ3v) is 2.74. The SMILES string of the molecule is [3H]n1ccc(OCc2c(Cl)noc2-n2nnn(C)c2=O)n1. The molecule has 0 amide bonds. The Morgan fingerprint density at radius 3 is 3.10 bits per heavy atom. The Morgan fingerprint density at radius 1 is 1.60 bits per heavy atom. The summed E-state index contributed by atoms with van der Waals surface area (Å²) in [6.45, 7) is -0.0578. The highest BCUT2D eigenvalue weighted by atomic mass is 35.5. The van der Waals surface area contributed by atoms with E-state index in [4.69, 9.17) is 22.3 Å². The summed E-state index contributed by atoms with van der Waals surface area (Å²) in [6, 6.07) is 1.50. The quantitative estimate of drug-likeness (QED) is 0.715. The van der Waals surface area contributed by atoms with Gasteiger partial charge in [-0.1, -0.05) is 16.8 Å². The van der Waals surface area contributed by atoms with Crippen LogP contribution < -0.4 is 10.4 Å². The summed E-state index contributed by atoms with van der Waals surface area (Å²) < 4.78 is 19.5. The van der Waals surface area contributed by atoms with E-state index < -0.39 is 5.69 Å². The van der Waals surface area contributed by atoms with Crippen LogP contribution in [0.2, 0.25) is 6.56 Å². The van der Waals surface area contributed by atoms with E-state index in [9.17, 15) is 4.79 Å². The Balaban J connectivity index is 1.90. The molecule has 3 heterocycles. The topological polar surface area (TPSA) is 117 Å². The van der Waals surface area contributed by atoms with Crippen molar-refractivity contribution in [3.05, 3.63) is 33.5 Å². The Hall–Kier alpha value is -2.62. The molecule has 20 heavy (non-hydrogen) atoms. The number of rotatable bonds is 4. The molecule has 0 atom stereocenters. The van der Waals surface area contributed by atoms with Crippen LogP contribution in [0.15, 0.2) is 21.6 Å². The van der Waals surface area contributed by atoms with Crippen molar-refractivity contribution in [2.24, 2.45) is 7.05 Å². The zero-order chi connectivity index (χ0) is 15.0. The molecule has 0 saturated heterocycles. The number of hydrogen-bond acceptors (Lipinski definition) is 7. The fraction of sp³-hybridized carbons (Fsp3) is 0.222. The number of halogens is 1. The van der Waals surface area contributed by atoms with Crippen LogP contribution in [0.5, 0.6) is 5.88 Å². The molecule has 0 spiro atoms. The fourth-order valence-corrected chi connectivity index (χ4v) is 1.62. The molecule has 0 unspecified atom stereocenters. The number of nitrogens with zero attached hydrogens (tertiary/aromatic N) is 6. The summed E-state index contributed by atoms with van der Waals surface area (Å²) in [4.78, 5) is 11.8. The van der Waals surface area contributed by atoms with Gasteiger partial charge in [-0.2, -0.15) is 4.68 Å². The second-order valence-electron chi connectivity index (χ2n) is 3.71. The lowest BCUT2D eigenvalue weighted by molar-refractivity contribution is 0.290. The van der Waals surface area contributed by atoms with Crippen molar-refractivity contribution in [1.82, 2.24) is 35.1 Å². The monoisotopic (exact) mass is 299 g/mol. The van der Waals surface area contributed by atoms with Crippen LogP contribution in [-0.4, -0.2) is 35.1 Å². The Bertz CT molecular complexity index is 835. The van der Waals surface area contributed by atoms with Crippen LogP contribution in [0.4, 0.5) is 0 Å². The van der Waals surface area contributed by atoms with Gasteiger partial charge >= 0.3 is 5.69 Å². The molecule has 3 rings (SSSR count). The van der Waals surface area contributed by atoms with Gasteiger partial charge in [0.05, 0.1) is 5.56 Å². The van der Waals surface area contributed by atoms with E-state index in [0.29, 0.717) is 5.56 Å². The van der Waals surface area contributed by atoms with E-state index in [2.05, 4.69) is 20.7 Å². The summed E-state index contributed by atoms with van der Waals surface area (Å²) in [5.41, 5.74) is -0.196. The van der Waals surface area contributed by atoms with Gasteiger partial charge in [-0.15, -0.1) is 9.78 Å². The molecule has 0 fully saturated rings. The van der Waals surface area contributed by atoms with Gasteiger partial charge in [-0.3, -0.25) is 5.09 Å². The summed E-state index contributed by atoms with van der Waals surface area (Å²) in [5, 5.41) is 15.4. The average molecular weight is 300 g/mol. The van der Waals surface area contributed by atoms with Crippen molar-refractivity contribution in [3.63, 3.8) is 0 Å². The van der Waals surface area contributed by atoms with Gasteiger partial charge in [-0.05, 0) is 10.4 Å². The molecule has 0 saturated carbocycles. The van der Waals surface area contributed by atoms with Crippen molar-refractivity contribution < 1.29 is 10.7 Å². The number of H-pyrrole nitrogens is 1. The maximum Gasteiger partial charge on any atom is 0.370 e. The molecule has 3 aromatic heterocycles. The van der Waals surface area contributed by atoms with Crippen molar-refractivity contribution in [2.75, 3.05) is 0 Å². The smallest absolute Gasteiger partial charge is 0.370 e. The first-order valence-electron chi connectivity index (χ1n) is 5.82. The first kappa shape index (κ1) is 11.2. The lowest BCUT2D eigenvalue weighted by Crippen LogP contribution is -2.22. The molecular formula is C9H8ClN7O3. The first-order valence-corrected chi connectivity index (χ1v) is 5.75. The van der Waals surface area contributed by atoms with Gasteiger partial charge in [0.2, 0.25) is 5.88 Å². The molecular weight excluding hydrogens is 290 g/mol. The summed E-state index contributed by atoms with van der Waals surface area (Å²) >= 11 is 5.91. The summed E-state index contributed by atoms with van der Waals surface area (Å²) in [6.07, 6.45) is 1.40. The standard InChI is InChI=1S/C9H8ClN7O3/c1-16-9(18)17(15-14-16)8-5(7(10)13-20-8)4-19-6-2-3-11-12-6/h2-3H,4H2,1H3,(H,11,12)/i/hT. The van der Waals surface area contributed by atoms with E-state index in [1.807, 2.05) is 0 Å². The zero-order valence-electron chi connectivity index (χ0n) is 11.1. The normalized spacial score (nSPS) is 11.6. The van der Waals surface area contributed by atoms with E-state index in [0.717, 1.165) is 14.5 Å². The molecule has 11 heteroatoms. The maximum atomic E-state index is 11.8. The molecule has 104 valence electrons. The van der Waals surface area contributed by atoms with Crippen LogP contribution in [-0.2, 0) is 13.7 Å². The highest BCUT2D eigenvalue weighted by Gasteiger charge is 2.21. The molecule has 0 aliphatic carbocycles. The number of aryl methyl sites for hydroxylation is 1. The summed E-state index contributed by atoms with van der Waals surface area (Å²) in [5.74, 6) is 0.239. The fourth-order valence-electron chi connectivity index (χ4n) is 1.45.